The molecule has 2 N–H and O–H groups in total. The number of likely N-dealkylation sites (N-methyl/N-ethyl adjacent to an activating group) is 1. The summed E-state index contributed by atoms with van der Waals surface area (Å²) in [5.41, 5.74) is 4.90. The molecule has 18 heavy (non-hydrogen) atoms. The summed E-state index contributed by atoms with van der Waals surface area (Å²) >= 11 is 5.00. The van der Waals surface area contributed by atoms with Crippen molar-refractivity contribution in [1.29, 1.82) is 0 Å². The molecule has 0 aromatic carbocycles. The molecule has 0 saturated heterocycles. The summed E-state index contributed by atoms with van der Waals surface area (Å²) in [6.07, 6.45) is 0. The van der Waals surface area contributed by atoms with Crippen LogP contribution in [0.2, 0.25) is 0 Å². The molecular weight excluding hydrogens is 246 g/mol. The van der Waals surface area contributed by atoms with Crippen LogP contribution < -0.4 is 5.73 Å². The third-order valence-electron chi connectivity index (χ3n) is 2.84. The average Bonchev–Trinajstić information content (AvgIpc) is 2.22. The van der Waals surface area contributed by atoms with E-state index in [0.29, 0.717) is 12.5 Å². The van der Waals surface area contributed by atoms with Crippen molar-refractivity contribution in [3.63, 3.8) is 0 Å². The van der Waals surface area contributed by atoms with Gasteiger partial charge in [-0.1, -0.05) is 26.1 Å². The molecule has 0 unspecified atom stereocenters. The van der Waals surface area contributed by atoms with Gasteiger partial charge in [-0.2, -0.15) is 0 Å². The Bertz CT molecular complexity index is 301. The monoisotopic (exact) mass is 273 g/mol. The summed E-state index contributed by atoms with van der Waals surface area (Å²) in [5.74, 6) is 0.448. The Balaban J connectivity index is 4.84. The van der Waals surface area contributed by atoms with E-state index in [0.717, 1.165) is 13.1 Å². The molecule has 4 nitrogen and oxygen atoms in total. The SMILES string of the molecule is CC(C)CN(CCN(C)C)C(=O)C(C)(C)C(N)=S. The van der Waals surface area contributed by atoms with Crippen LogP contribution in [0.15, 0.2) is 0 Å². The molecule has 0 fully saturated rings. The predicted octanol–water partition coefficient (Wildman–Crippen LogP) is 1.34. The Labute approximate surface area is 116 Å². The normalized spacial score (nSPS) is 12.0. The summed E-state index contributed by atoms with van der Waals surface area (Å²) in [6, 6.07) is 0. The Morgan fingerprint density at radius 1 is 1.28 bits per heavy atom. The van der Waals surface area contributed by atoms with Crippen LogP contribution in [0.3, 0.4) is 0 Å². The number of nitrogens with zero attached hydrogens (tertiary/aromatic N) is 2. The van der Waals surface area contributed by atoms with Gasteiger partial charge in [-0.15, -0.1) is 0 Å². The maximum absolute atomic E-state index is 12.5. The summed E-state index contributed by atoms with van der Waals surface area (Å²) in [5, 5.41) is 0. The number of carbonyl (C=O) groups excluding carboxylic acids is 1. The van der Waals surface area contributed by atoms with Crippen LogP contribution in [0, 0.1) is 11.3 Å². The fourth-order valence-electron chi connectivity index (χ4n) is 1.54. The van der Waals surface area contributed by atoms with Gasteiger partial charge in [0.15, 0.2) is 0 Å². The molecule has 1 amide bonds. The van der Waals surface area contributed by atoms with E-state index in [1.165, 1.54) is 0 Å². The van der Waals surface area contributed by atoms with Crippen LogP contribution in [-0.4, -0.2) is 54.4 Å². The van der Waals surface area contributed by atoms with Crippen molar-refractivity contribution in [3.05, 3.63) is 0 Å². The van der Waals surface area contributed by atoms with Gasteiger partial charge in [0, 0.05) is 19.6 Å². The standard InChI is InChI=1S/C13H27N3OS/c1-10(2)9-16(8-7-15(5)6)12(17)13(3,4)11(14)18/h10H,7-9H2,1-6H3,(H2,14,18). The second-order valence-corrected chi connectivity index (χ2v) is 6.38. The first-order valence-corrected chi connectivity index (χ1v) is 6.73. The molecule has 0 aliphatic heterocycles. The van der Waals surface area contributed by atoms with Gasteiger partial charge in [-0.3, -0.25) is 4.79 Å². The zero-order valence-electron chi connectivity index (χ0n) is 12.5. The lowest BCUT2D eigenvalue weighted by atomic mass is 9.91. The summed E-state index contributed by atoms with van der Waals surface area (Å²) in [6.45, 7) is 10.1. The van der Waals surface area contributed by atoms with Crippen molar-refractivity contribution in [1.82, 2.24) is 9.80 Å². The second kappa shape index (κ2) is 7.04. The molecule has 106 valence electrons. The molecule has 0 bridgehead atoms. The first kappa shape index (κ1) is 17.3. The Morgan fingerprint density at radius 3 is 2.11 bits per heavy atom. The fourth-order valence-corrected chi connectivity index (χ4v) is 1.63. The zero-order valence-corrected chi connectivity index (χ0v) is 13.3. The van der Waals surface area contributed by atoms with Gasteiger partial charge in [-0.25, -0.2) is 0 Å². The molecule has 0 saturated carbocycles. The van der Waals surface area contributed by atoms with Gasteiger partial charge in [0.1, 0.15) is 0 Å². The van der Waals surface area contributed by atoms with Gasteiger partial charge < -0.3 is 15.5 Å². The zero-order chi connectivity index (χ0) is 14.5. The highest BCUT2D eigenvalue weighted by Gasteiger charge is 2.34. The van der Waals surface area contributed by atoms with Crippen LogP contribution in [-0.2, 0) is 4.79 Å². The van der Waals surface area contributed by atoms with Crippen molar-refractivity contribution >= 4 is 23.1 Å². The highest BCUT2D eigenvalue weighted by Crippen LogP contribution is 2.20. The lowest BCUT2D eigenvalue weighted by Crippen LogP contribution is -2.49. The van der Waals surface area contributed by atoms with Crippen LogP contribution in [0.5, 0.6) is 0 Å². The third kappa shape index (κ3) is 5.31. The fraction of sp³-hybridized carbons (Fsp3) is 0.846. The van der Waals surface area contributed by atoms with E-state index in [-0.39, 0.29) is 10.9 Å². The summed E-state index contributed by atoms with van der Waals surface area (Å²) in [7, 11) is 3.99. The Hall–Kier alpha value is -0.680. The smallest absolute Gasteiger partial charge is 0.235 e. The van der Waals surface area contributed by atoms with Crippen LogP contribution in [0.4, 0.5) is 0 Å². The largest absolute Gasteiger partial charge is 0.392 e. The van der Waals surface area contributed by atoms with Crippen molar-refractivity contribution < 1.29 is 4.79 Å². The molecule has 5 heteroatoms. The number of amides is 1. The molecule has 0 aliphatic carbocycles. The number of hydrogen-bond acceptors (Lipinski definition) is 3. The van der Waals surface area contributed by atoms with Crippen molar-refractivity contribution in [2.24, 2.45) is 17.1 Å². The van der Waals surface area contributed by atoms with Crippen molar-refractivity contribution in [2.45, 2.75) is 27.7 Å². The molecule has 0 aromatic heterocycles. The van der Waals surface area contributed by atoms with Gasteiger partial charge in [0.25, 0.3) is 0 Å². The maximum Gasteiger partial charge on any atom is 0.235 e. The summed E-state index contributed by atoms with van der Waals surface area (Å²) < 4.78 is 0. The molecule has 0 aromatic rings. The number of nitrogens with two attached hydrogens (primary N) is 1. The third-order valence-corrected chi connectivity index (χ3v) is 3.35. The number of thiocarbonyl (C=S) groups is 1. The van der Waals surface area contributed by atoms with Crippen molar-refractivity contribution in [2.75, 3.05) is 33.7 Å². The summed E-state index contributed by atoms with van der Waals surface area (Å²) in [4.78, 5) is 16.7. The van der Waals surface area contributed by atoms with Crippen LogP contribution >= 0.6 is 12.2 Å². The molecule has 0 spiro atoms. The lowest BCUT2D eigenvalue weighted by Gasteiger charge is -2.33. The first-order valence-electron chi connectivity index (χ1n) is 6.33. The number of hydrogen-bond donors (Lipinski definition) is 1. The van der Waals surface area contributed by atoms with Gasteiger partial charge in [0.05, 0.1) is 10.4 Å². The number of carbonyl (C=O) groups is 1. The van der Waals surface area contributed by atoms with Crippen LogP contribution in [0.25, 0.3) is 0 Å². The van der Waals surface area contributed by atoms with E-state index >= 15 is 0 Å². The minimum atomic E-state index is -0.767. The second-order valence-electron chi connectivity index (χ2n) is 5.94. The van der Waals surface area contributed by atoms with Crippen molar-refractivity contribution in [3.8, 4) is 0 Å². The van der Waals surface area contributed by atoms with E-state index in [1.807, 2.05) is 19.0 Å². The first-order chi connectivity index (χ1) is 8.09. The maximum atomic E-state index is 12.5. The quantitative estimate of drug-likeness (QED) is 0.711. The van der Waals surface area contributed by atoms with Gasteiger partial charge >= 0.3 is 0 Å². The highest BCUT2D eigenvalue weighted by molar-refractivity contribution is 7.80. The van der Waals surface area contributed by atoms with Crippen LogP contribution in [0.1, 0.15) is 27.7 Å². The molecule has 0 atom stereocenters. The topological polar surface area (TPSA) is 49.6 Å². The average molecular weight is 273 g/mol. The molecule has 0 heterocycles. The van der Waals surface area contributed by atoms with E-state index in [2.05, 4.69) is 18.7 Å². The minimum Gasteiger partial charge on any atom is -0.392 e. The molecule has 0 aliphatic rings. The molecule has 0 rings (SSSR count). The van der Waals surface area contributed by atoms with E-state index in [4.69, 9.17) is 18.0 Å². The van der Waals surface area contributed by atoms with Gasteiger partial charge in [0.2, 0.25) is 5.91 Å². The molecular formula is C13H27N3OS. The van der Waals surface area contributed by atoms with Gasteiger partial charge in [-0.05, 0) is 33.9 Å². The van der Waals surface area contributed by atoms with E-state index < -0.39 is 5.41 Å². The Kier molecular flexibility index (Phi) is 6.78. The van der Waals surface area contributed by atoms with E-state index in [9.17, 15) is 4.79 Å². The predicted molar refractivity (Wildman–Crippen MR) is 80.5 cm³/mol. The minimum absolute atomic E-state index is 0.0190. The number of rotatable bonds is 7. The highest BCUT2D eigenvalue weighted by atomic mass is 32.1. The molecule has 0 radical (unpaired) electrons. The Morgan fingerprint density at radius 2 is 1.78 bits per heavy atom. The lowest BCUT2D eigenvalue weighted by molar-refractivity contribution is -0.137. The van der Waals surface area contributed by atoms with E-state index in [1.54, 1.807) is 13.8 Å².